The van der Waals surface area contributed by atoms with Gasteiger partial charge >= 0.3 is 0 Å². The van der Waals surface area contributed by atoms with E-state index in [0.717, 1.165) is 17.0 Å². The molecule has 0 saturated carbocycles. The number of benzene rings is 2. The minimum absolute atomic E-state index is 0.162. The van der Waals surface area contributed by atoms with Crippen molar-refractivity contribution in [1.82, 2.24) is 0 Å². The molecular weight excluding hydrogens is 318 g/mol. The number of rotatable bonds is 5. The second-order valence-electron chi connectivity index (χ2n) is 4.98. The van der Waals surface area contributed by atoms with Crippen molar-refractivity contribution in [2.75, 3.05) is 23.9 Å². The summed E-state index contributed by atoms with van der Waals surface area (Å²) in [6.45, 7) is 0.788. The largest absolute Gasteiger partial charge is 0.497 e. The smallest absolute Gasteiger partial charge is 0.244 e. The van der Waals surface area contributed by atoms with Gasteiger partial charge in [-0.15, -0.1) is 0 Å². The lowest BCUT2D eigenvalue weighted by Crippen LogP contribution is -2.37. The molecule has 0 fully saturated rings. The van der Waals surface area contributed by atoms with Gasteiger partial charge in [0, 0.05) is 24.7 Å². The summed E-state index contributed by atoms with van der Waals surface area (Å²) in [5.41, 5.74) is 0.312. The summed E-state index contributed by atoms with van der Waals surface area (Å²) >= 11 is 0. The normalized spacial score (nSPS) is 10.2. The van der Waals surface area contributed by atoms with E-state index in [-0.39, 0.29) is 5.69 Å². The van der Waals surface area contributed by atoms with Crippen molar-refractivity contribution in [3.63, 3.8) is 0 Å². The van der Waals surface area contributed by atoms with Crippen LogP contribution in [-0.4, -0.2) is 25.5 Å². The molecule has 0 aromatic heterocycles. The first-order valence-electron chi connectivity index (χ1n) is 7.07. The van der Waals surface area contributed by atoms with Gasteiger partial charge < -0.3 is 15.0 Å². The van der Waals surface area contributed by atoms with Gasteiger partial charge in [0.05, 0.1) is 12.8 Å². The number of amides is 2. The first-order valence-corrected chi connectivity index (χ1v) is 7.07. The Morgan fingerprint density at radius 1 is 1.17 bits per heavy atom. The number of anilines is 2. The first-order chi connectivity index (χ1) is 11.4. The van der Waals surface area contributed by atoms with Crippen LogP contribution >= 0.6 is 0 Å². The third-order valence-corrected chi connectivity index (χ3v) is 3.24. The zero-order valence-electron chi connectivity index (χ0n) is 13.2. The Morgan fingerprint density at radius 3 is 2.54 bits per heavy atom. The Labute approximate surface area is 137 Å². The molecule has 0 aliphatic carbocycles. The highest BCUT2D eigenvalue weighted by molar-refractivity contribution is 6.01. The van der Waals surface area contributed by atoms with Crippen LogP contribution in [0, 0.1) is 11.6 Å². The molecular formula is C17H16F2N2O3. The van der Waals surface area contributed by atoms with Crippen LogP contribution in [0.25, 0.3) is 0 Å². The monoisotopic (exact) mass is 334 g/mol. The average Bonchev–Trinajstić information content (AvgIpc) is 2.53. The maximum absolute atomic E-state index is 13.9. The Morgan fingerprint density at radius 2 is 1.92 bits per heavy atom. The fourth-order valence-electron chi connectivity index (χ4n) is 2.11. The van der Waals surface area contributed by atoms with Gasteiger partial charge in [0.2, 0.25) is 11.8 Å². The van der Waals surface area contributed by atoms with Gasteiger partial charge in [0.15, 0.2) is 0 Å². The van der Waals surface area contributed by atoms with Gasteiger partial charge in [-0.1, -0.05) is 6.07 Å². The van der Waals surface area contributed by atoms with Crippen molar-refractivity contribution < 1.29 is 23.1 Å². The molecule has 0 heterocycles. The highest BCUT2D eigenvalue weighted by atomic mass is 19.1. The molecule has 0 bridgehead atoms. The van der Waals surface area contributed by atoms with E-state index in [9.17, 15) is 18.4 Å². The third kappa shape index (κ3) is 4.28. The van der Waals surface area contributed by atoms with Crippen molar-refractivity contribution in [3.05, 3.63) is 54.1 Å². The molecule has 2 aromatic carbocycles. The summed E-state index contributed by atoms with van der Waals surface area (Å²) in [7, 11) is 1.50. The van der Waals surface area contributed by atoms with Crippen LogP contribution in [0.2, 0.25) is 0 Å². The number of ether oxygens (including phenoxy) is 1. The molecule has 0 saturated heterocycles. The fourth-order valence-corrected chi connectivity index (χ4v) is 2.11. The third-order valence-electron chi connectivity index (χ3n) is 3.24. The topological polar surface area (TPSA) is 58.6 Å². The lowest BCUT2D eigenvalue weighted by molar-refractivity contribution is -0.120. The van der Waals surface area contributed by atoms with Gasteiger partial charge in [-0.25, -0.2) is 8.78 Å². The van der Waals surface area contributed by atoms with E-state index in [2.05, 4.69) is 5.32 Å². The standard InChI is InChI=1S/C17H16F2N2O3/c1-11(22)21(16-7-6-12(18)8-15(16)19)10-17(23)20-13-4-3-5-14(9-13)24-2/h3-9H,10H2,1-2H3,(H,20,23). The molecule has 0 radical (unpaired) electrons. The number of carbonyl (C=O) groups is 2. The summed E-state index contributed by atoms with van der Waals surface area (Å²) in [6, 6.07) is 9.46. The SMILES string of the molecule is COc1cccc(NC(=O)CN(C(C)=O)c2ccc(F)cc2F)c1. The minimum Gasteiger partial charge on any atom is -0.497 e. The number of hydrogen-bond donors (Lipinski definition) is 1. The zero-order valence-corrected chi connectivity index (χ0v) is 13.2. The Balaban J connectivity index is 2.15. The van der Waals surface area contributed by atoms with E-state index in [1.165, 1.54) is 14.0 Å². The average molecular weight is 334 g/mol. The molecule has 5 nitrogen and oxygen atoms in total. The van der Waals surface area contributed by atoms with Crippen LogP contribution in [0.1, 0.15) is 6.92 Å². The second-order valence-corrected chi connectivity index (χ2v) is 4.98. The molecule has 0 spiro atoms. The summed E-state index contributed by atoms with van der Waals surface area (Å²) in [5, 5.41) is 2.59. The highest BCUT2D eigenvalue weighted by Crippen LogP contribution is 2.21. The van der Waals surface area contributed by atoms with Crippen LogP contribution in [0.4, 0.5) is 20.2 Å². The van der Waals surface area contributed by atoms with Crippen LogP contribution in [0.15, 0.2) is 42.5 Å². The van der Waals surface area contributed by atoms with Gasteiger partial charge in [0.1, 0.15) is 23.9 Å². The maximum atomic E-state index is 13.9. The molecule has 0 unspecified atom stereocenters. The fraction of sp³-hybridized carbons (Fsp3) is 0.176. The lowest BCUT2D eigenvalue weighted by atomic mass is 10.2. The minimum atomic E-state index is -0.917. The zero-order chi connectivity index (χ0) is 17.7. The second kappa shape index (κ2) is 7.54. The maximum Gasteiger partial charge on any atom is 0.244 e. The molecule has 7 heteroatoms. The molecule has 24 heavy (non-hydrogen) atoms. The van der Waals surface area contributed by atoms with E-state index in [4.69, 9.17) is 4.74 Å². The Bertz CT molecular complexity index is 765. The lowest BCUT2D eigenvalue weighted by Gasteiger charge is -2.21. The van der Waals surface area contributed by atoms with Crippen molar-refractivity contribution in [1.29, 1.82) is 0 Å². The van der Waals surface area contributed by atoms with Gasteiger partial charge in [-0.05, 0) is 24.3 Å². The summed E-state index contributed by atoms with van der Waals surface area (Å²) < 4.78 is 31.9. The van der Waals surface area contributed by atoms with Gasteiger partial charge in [-0.2, -0.15) is 0 Å². The quantitative estimate of drug-likeness (QED) is 0.914. The van der Waals surface area contributed by atoms with E-state index >= 15 is 0 Å². The van der Waals surface area contributed by atoms with Crippen LogP contribution in [-0.2, 0) is 9.59 Å². The van der Waals surface area contributed by atoms with E-state index in [1.54, 1.807) is 24.3 Å². The summed E-state index contributed by atoms with van der Waals surface area (Å²) in [5.74, 6) is -2.19. The van der Waals surface area contributed by atoms with Crippen LogP contribution in [0.3, 0.4) is 0 Å². The molecule has 1 N–H and O–H groups in total. The molecule has 0 aliphatic heterocycles. The number of carbonyl (C=O) groups excluding carboxylic acids is 2. The first kappa shape index (κ1) is 17.4. The van der Waals surface area contributed by atoms with Crippen LogP contribution < -0.4 is 15.0 Å². The Hall–Kier alpha value is -2.96. The number of nitrogens with zero attached hydrogens (tertiary/aromatic N) is 1. The molecule has 2 amide bonds. The number of halogens is 2. The number of hydrogen-bond acceptors (Lipinski definition) is 3. The Kier molecular flexibility index (Phi) is 5.47. The predicted octanol–water partition coefficient (Wildman–Crippen LogP) is 2.97. The van der Waals surface area contributed by atoms with E-state index in [0.29, 0.717) is 17.5 Å². The molecule has 126 valence electrons. The van der Waals surface area contributed by atoms with Crippen molar-refractivity contribution in [3.8, 4) is 5.75 Å². The van der Waals surface area contributed by atoms with Crippen LogP contribution in [0.5, 0.6) is 5.75 Å². The molecule has 0 aliphatic rings. The van der Waals surface area contributed by atoms with Crippen molar-refractivity contribution in [2.45, 2.75) is 6.92 Å². The molecule has 2 aromatic rings. The van der Waals surface area contributed by atoms with Crippen molar-refractivity contribution in [2.24, 2.45) is 0 Å². The number of methoxy groups -OCH3 is 1. The summed E-state index contributed by atoms with van der Waals surface area (Å²) in [6.07, 6.45) is 0. The van der Waals surface area contributed by atoms with E-state index in [1.807, 2.05) is 0 Å². The molecule has 0 atom stereocenters. The highest BCUT2D eigenvalue weighted by Gasteiger charge is 2.19. The van der Waals surface area contributed by atoms with Gasteiger partial charge in [-0.3, -0.25) is 9.59 Å². The van der Waals surface area contributed by atoms with E-state index < -0.39 is 30.0 Å². The predicted molar refractivity (Wildman–Crippen MR) is 86.0 cm³/mol. The molecule has 2 rings (SSSR count). The van der Waals surface area contributed by atoms with Gasteiger partial charge in [0.25, 0.3) is 0 Å². The number of nitrogens with one attached hydrogen (secondary N) is 1. The summed E-state index contributed by atoms with van der Waals surface area (Å²) in [4.78, 5) is 24.8. The van der Waals surface area contributed by atoms with Crippen molar-refractivity contribution >= 4 is 23.2 Å².